The molecule has 9 heteroatoms. The summed E-state index contributed by atoms with van der Waals surface area (Å²) in [5.41, 5.74) is 11.0. The Morgan fingerprint density at radius 3 is 2.05 bits per heavy atom. The highest BCUT2D eigenvalue weighted by Gasteiger charge is 2.33. The van der Waals surface area contributed by atoms with Gasteiger partial charge in [0.1, 0.15) is 17.7 Å². The van der Waals surface area contributed by atoms with Gasteiger partial charge < -0.3 is 16.4 Å². The van der Waals surface area contributed by atoms with Crippen LogP contribution >= 0.6 is 0 Å². The first-order chi connectivity index (χ1) is 19.6. The van der Waals surface area contributed by atoms with E-state index in [2.05, 4.69) is 15.5 Å². The largest absolute Gasteiger partial charge is 0.399 e. The third-order valence-corrected chi connectivity index (χ3v) is 7.80. The summed E-state index contributed by atoms with van der Waals surface area (Å²) < 4.78 is 27.2. The van der Waals surface area contributed by atoms with Gasteiger partial charge >= 0.3 is 0 Å². The molecule has 3 aromatic rings. The average Bonchev–Trinajstić information content (AvgIpc) is 2.94. The van der Waals surface area contributed by atoms with E-state index in [1.807, 2.05) is 30.9 Å². The van der Waals surface area contributed by atoms with Crippen LogP contribution in [-0.2, 0) is 9.59 Å². The van der Waals surface area contributed by atoms with Gasteiger partial charge in [-0.25, -0.2) is 8.78 Å². The molecule has 1 aliphatic rings. The Kier molecular flexibility index (Phi) is 10.1. The van der Waals surface area contributed by atoms with E-state index in [-0.39, 0.29) is 35.9 Å². The van der Waals surface area contributed by atoms with Gasteiger partial charge in [-0.05, 0) is 91.9 Å². The second kappa shape index (κ2) is 13.7. The fraction of sp³-hybridized carbons (Fsp3) is 0.375. The lowest BCUT2D eigenvalue weighted by atomic mass is 9.87. The van der Waals surface area contributed by atoms with E-state index in [4.69, 9.17) is 5.73 Å². The van der Waals surface area contributed by atoms with Crippen LogP contribution in [0.3, 0.4) is 0 Å². The smallest absolute Gasteiger partial charge is 0.238 e. The zero-order valence-corrected chi connectivity index (χ0v) is 23.9. The molecule has 2 amide bonds. The Hall–Kier alpha value is -3.82. The minimum absolute atomic E-state index is 0.00354. The number of rotatable bonds is 10. The van der Waals surface area contributed by atoms with E-state index in [0.717, 1.165) is 53.9 Å². The number of benzene rings is 3. The predicted molar refractivity (Wildman–Crippen MR) is 159 cm³/mol. The zero-order chi connectivity index (χ0) is 29.5. The van der Waals surface area contributed by atoms with Crippen LogP contribution in [0.1, 0.15) is 41.0 Å². The van der Waals surface area contributed by atoms with Crippen LogP contribution in [0.15, 0.2) is 60.7 Å². The third-order valence-electron chi connectivity index (χ3n) is 7.80. The van der Waals surface area contributed by atoms with E-state index in [0.29, 0.717) is 18.8 Å². The molecule has 0 saturated carbocycles. The van der Waals surface area contributed by atoms with Gasteiger partial charge in [0.25, 0.3) is 0 Å². The predicted octanol–water partition coefficient (Wildman–Crippen LogP) is 4.45. The van der Waals surface area contributed by atoms with Crippen molar-refractivity contribution in [2.24, 2.45) is 0 Å². The van der Waals surface area contributed by atoms with Gasteiger partial charge in [-0.1, -0.05) is 24.3 Å². The number of hydrogen-bond donors (Lipinski definition) is 3. The second-order valence-electron chi connectivity index (χ2n) is 10.8. The molecule has 1 saturated heterocycles. The first kappa shape index (κ1) is 30.1. The molecule has 41 heavy (non-hydrogen) atoms. The third kappa shape index (κ3) is 7.89. The quantitative estimate of drug-likeness (QED) is 0.317. The lowest BCUT2D eigenvalue weighted by Crippen LogP contribution is -2.60. The number of nitrogens with zero attached hydrogens (tertiary/aromatic N) is 2. The zero-order valence-electron chi connectivity index (χ0n) is 23.9. The van der Waals surface area contributed by atoms with Crippen molar-refractivity contribution < 1.29 is 18.4 Å². The van der Waals surface area contributed by atoms with Crippen LogP contribution in [-0.4, -0.2) is 67.4 Å². The summed E-state index contributed by atoms with van der Waals surface area (Å²) in [6, 6.07) is 16.1. The van der Waals surface area contributed by atoms with E-state index < -0.39 is 6.04 Å². The number of carbonyl (C=O) groups is 2. The molecule has 218 valence electrons. The van der Waals surface area contributed by atoms with Crippen molar-refractivity contribution in [3.05, 3.63) is 94.6 Å². The van der Waals surface area contributed by atoms with Crippen molar-refractivity contribution in [2.45, 2.75) is 38.6 Å². The van der Waals surface area contributed by atoms with Crippen LogP contribution in [0.4, 0.5) is 20.2 Å². The summed E-state index contributed by atoms with van der Waals surface area (Å²) in [7, 11) is 1.61. The topological polar surface area (TPSA) is 90.7 Å². The Balaban J connectivity index is 1.37. The summed E-state index contributed by atoms with van der Waals surface area (Å²) in [6.45, 7) is 6.47. The van der Waals surface area contributed by atoms with Crippen LogP contribution in [0, 0.1) is 25.5 Å². The number of likely N-dealkylation sites (N-methyl/N-ethyl adjacent to an activating group) is 1. The Bertz CT molecular complexity index is 1280. The van der Waals surface area contributed by atoms with Crippen molar-refractivity contribution in [1.29, 1.82) is 0 Å². The molecule has 0 bridgehead atoms. The van der Waals surface area contributed by atoms with Crippen LogP contribution in [0.25, 0.3) is 0 Å². The molecule has 4 N–H and O–H groups in total. The molecule has 1 heterocycles. The number of nitrogens with one attached hydrogen (secondary N) is 2. The first-order valence-electron chi connectivity index (χ1n) is 14.0. The Morgan fingerprint density at radius 1 is 0.951 bits per heavy atom. The highest BCUT2D eigenvalue weighted by Crippen LogP contribution is 2.30. The maximum atomic E-state index is 13.6. The van der Waals surface area contributed by atoms with Gasteiger partial charge in [-0.3, -0.25) is 19.4 Å². The SMILES string of the molecule is CNC(=O)C1CN(CCCC(c2ccc(F)cc2)c2ccc(F)cc2)CCN1CC(=O)Nc1c(C)cc(N)cc1C. The summed E-state index contributed by atoms with van der Waals surface area (Å²) in [4.78, 5) is 30.0. The number of nitrogen functional groups attached to an aromatic ring is 1. The monoisotopic (exact) mass is 563 g/mol. The number of hydrogen-bond acceptors (Lipinski definition) is 5. The van der Waals surface area contributed by atoms with E-state index in [9.17, 15) is 18.4 Å². The van der Waals surface area contributed by atoms with Gasteiger partial charge in [-0.2, -0.15) is 0 Å². The highest BCUT2D eigenvalue weighted by molar-refractivity contribution is 5.94. The molecule has 0 spiro atoms. The maximum Gasteiger partial charge on any atom is 0.238 e. The van der Waals surface area contributed by atoms with Gasteiger partial charge in [0.05, 0.1) is 6.54 Å². The van der Waals surface area contributed by atoms with E-state index >= 15 is 0 Å². The minimum atomic E-state index is -0.460. The van der Waals surface area contributed by atoms with Crippen LogP contribution < -0.4 is 16.4 Å². The van der Waals surface area contributed by atoms with Crippen molar-refractivity contribution >= 4 is 23.2 Å². The Labute approximate surface area is 240 Å². The number of aryl methyl sites for hydroxylation is 2. The number of piperazine rings is 1. The van der Waals surface area contributed by atoms with Crippen molar-refractivity contribution in [1.82, 2.24) is 15.1 Å². The molecular weight excluding hydrogens is 524 g/mol. The van der Waals surface area contributed by atoms with E-state index in [1.165, 1.54) is 24.3 Å². The summed E-state index contributed by atoms with van der Waals surface area (Å²) in [5, 5.41) is 5.74. The molecule has 0 radical (unpaired) electrons. The average molecular weight is 564 g/mol. The first-order valence-corrected chi connectivity index (χ1v) is 14.0. The molecule has 4 rings (SSSR count). The molecule has 0 aromatic heterocycles. The van der Waals surface area contributed by atoms with Gasteiger partial charge in [0.15, 0.2) is 0 Å². The van der Waals surface area contributed by atoms with Crippen molar-refractivity contribution in [3.8, 4) is 0 Å². The van der Waals surface area contributed by atoms with Gasteiger partial charge in [0.2, 0.25) is 11.8 Å². The molecular formula is C32H39F2N5O2. The second-order valence-corrected chi connectivity index (χ2v) is 10.8. The van der Waals surface area contributed by atoms with Gasteiger partial charge in [0, 0.05) is 44.0 Å². The maximum absolute atomic E-state index is 13.6. The summed E-state index contributed by atoms with van der Waals surface area (Å²) in [6.07, 6.45) is 1.61. The van der Waals surface area contributed by atoms with Crippen molar-refractivity contribution in [3.63, 3.8) is 0 Å². The molecule has 1 atom stereocenters. The fourth-order valence-corrected chi connectivity index (χ4v) is 5.68. The molecule has 7 nitrogen and oxygen atoms in total. The lowest BCUT2D eigenvalue weighted by molar-refractivity contribution is -0.130. The van der Waals surface area contributed by atoms with Crippen LogP contribution in [0.2, 0.25) is 0 Å². The van der Waals surface area contributed by atoms with E-state index in [1.54, 1.807) is 31.3 Å². The minimum Gasteiger partial charge on any atom is -0.399 e. The summed E-state index contributed by atoms with van der Waals surface area (Å²) >= 11 is 0. The summed E-state index contributed by atoms with van der Waals surface area (Å²) in [5.74, 6) is -0.895. The van der Waals surface area contributed by atoms with Gasteiger partial charge in [-0.15, -0.1) is 0 Å². The lowest BCUT2D eigenvalue weighted by Gasteiger charge is -2.40. The molecule has 0 aliphatic carbocycles. The van der Waals surface area contributed by atoms with Crippen LogP contribution in [0.5, 0.6) is 0 Å². The number of halogens is 2. The number of anilines is 2. The standard InChI is InChI=1S/C32H39F2N5O2/c1-21-17-27(35)18-22(2)31(21)37-30(40)20-39-16-15-38(19-29(39)32(41)36-3)14-4-5-28(23-6-10-25(33)11-7-23)24-8-12-26(34)13-9-24/h6-13,17-18,28-29H,4-5,14-16,19-20,35H2,1-3H3,(H,36,41)(H,37,40). The molecule has 1 aliphatic heterocycles. The number of nitrogens with two attached hydrogens (primary N) is 1. The molecule has 1 unspecified atom stereocenters. The van der Waals surface area contributed by atoms with Crippen molar-refractivity contribution in [2.75, 3.05) is 50.8 Å². The number of carbonyl (C=O) groups excluding carboxylic acids is 2. The molecule has 3 aromatic carbocycles. The molecule has 1 fully saturated rings. The normalized spacial score (nSPS) is 16.1. The highest BCUT2D eigenvalue weighted by atomic mass is 19.1. The fourth-order valence-electron chi connectivity index (χ4n) is 5.68. The number of amides is 2. The Morgan fingerprint density at radius 2 is 1.51 bits per heavy atom.